The second-order valence-electron chi connectivity index (χ2n) is 6.58. The summed E-state index contributed by atoms with van der Waals surface area (Å²) in [5.41, 5.74) is 2.44. The van der Waals surface area contributed by atoms with Crippen LogP contribution in [0.2, 0.25) is 5.02 Å². The fourth-order valence-electron chi connectivity index (χ4n) is 2.53. The van der Waals surface area contributed by atoms with Crippen LogP contribution in [0.3, 0.4) is 0 Å². The summed E-state index contributed by atoms with van der Waals surface area (Å²) in [6, 6.07) is 11.2. The first kappa shape index (κ1) is 20.9. The zero-order valence-corrected chi connectivity index (χ0v) is 17.0. The van der Waals surface area contributed by atoms with Gasteiger partial charge in [0.25, 0.3) is 5.91 Å². The minimum absolute atomic E-state index is 0.0712. The van der Waals surface area contributed by atoms with E-state index in [1.54, 1.807) is 13.2 Å². The molecule has 2 aromatic carbocycles. The number of hydrogen-bond donors (Lipinski definition) is 2. The average Bonchev–Trinajstić information content (AvgIpc) is 2.66. The average molecular weight is 391 g/mol. The van der Waals surface area contributed by atoms with Gasteiger partial charge in [0.15, 0.2) is 11.5 Å². The summed E-state index contributed by atoms with van der Waals surface area (Å²) in [5, 5.41) is 6.75. The first-order chi connectivity index (χ1) is 12.9. The summed E-state index contributed by atoms with van der Waals surface area (Å²) in [6.45, 7) is 7.73. The van der Waals surface area contributed by atoms with Gasteiger partial charge in [-0.1, -0.05) is 31.5 Å². The Bertz CT molecular complexity index is 778. The third-order valence-electron chi connectivity index (χ3n) is 3.87. The van der Waals surface area contributed by atoms with Crippen LogP contribution in [0.15, 0.2) is 36.4 Å². The molecule has 2 N–H and O–H groups in total. The molecule has 6 heteroatoms. The van der Waals surface area contributed by atoms with Gasteiger partial charge in [-0.15, -0.1) is 0 Å². The van der Waals surface area contributed by atoms with Crippen molar-refractivity contribution in [3.05, 3.63) is 52.5 Å². The van der Waals surface area contributed by atoms with Crippen molar-refractivity contribution in [1.29, 1.82) is 0 Å². The molecule has 146 valence electrons. The number of hydrogen-bond acceptors (Lipinski definition) is 4. The van der Waals surface area contributed by atoms with E-state index in [9.17, 15) is 4.79 Å². The van der Waals surface area contributed by atoms with Gasteiger partial charge in [0.2, 0.25) is 0 Å². The molecule has 1 amide bonds. The number of benzene rings is 2. The van der Waals surface area contributed by atoms with Crippen LogP contribution in [0.4, 0.5) is 5.69 Å². The Labute approximate surface area is 166 Å². The molecule has 27 heavy (non-hydrogen) atoms. The fraction of sp³-hybridized carbons (Fsp3) is 0.381. The van der Waals surface area contributed by atoms with Gasteiger partial charge >= 0.3 is 0 Å². The van der Waals surface area contributed by atoms with Crippen LogP contribution in [-0.4, -0.2) is 26.2 Å². The van der Waals surface area contributed by atoms with Crippen molar-refractivity contribution in [2.45, 2.75) is 27.3 Å². The molecule has 0 spiro atoms. The molecule has 5 nitrogen and oxygen atoms in total. The van der Waals surface area contributed by atoms with Crippen molar-refractivity contribution >= 4 is 23.2 Å². The molecule has 0 saturated heterocycles. The summed E-state index contributed by atoms with van der Waals surface area (Å²) in [5.74, 6) is 1.49. The number of rotatable bonds is 9. The summed E-state index contributed by atoms with van der Waals surface area (Å²) in [7, 11) is 1.59. The summed E-state index contributed by atoms with van der Waals surface area (Å²) >= 11 is 6.32. The molecule has 0 aliphatic carbocycles. The number of ether oxygens (including phenoxy) is 2. The zero-order chi connectivity index (χ0) is 19.8. The lowest BCUT2D eigenvalue weighted by Gasteiger charge is -2.14. The van der Waals surface area contributed by atoms with E-state index >= 15 is 0 Å². The number of methoxy groups -OCH3 is 1. The number of carbonyl (C=O) groups excluding carboxylic acids is 1. The maximum Gasteiger partial charge on any atom is 0.251 e. The lowest BCUT2D eigenvalue weighted by Crippen LogP contribution is -2.27. The van der Waals surface area contributed by atoms with Gasteiger partial charge in [0.05, 0.1) is 18.7 Å². The maximum absolute atomic E-state index is 12.2. The highest BCUT2D eigenvalue weighted by molar-refractivity contribution is 6.32. The van der Waals surface area contributed by atoms with Gasteiger partial charge in [-0.25, -0.2) is 0 Å². The Morgan fingerprint density at radius 2 is 2.00 bits per heavy atom. The third kappa shape index (κ3) is 6.07. The Morgan fingerprint density at radius 3 is 2.67 bits per heavy atom. The Balaban J connectivity index is 2.07. The molecular formula is C21H27ClN2O3. The summed E-state index contributed by atoms with van der Waals surface area (Å²) in [6.07, 6.45) is 0. The SMILES string of the molecule is CCOc1c(Cl)cc(CNc2cccc(C(=O)NCC(C)C)c2)cc1OC. The van der Waals surface area contributed by atoms with Crippen LogP contribution in [-0.2, 0) is 6.54 Å². The van der Waals surface area contributed by atoms with Crippen LogP contribution in [0.25, 0.3) is 0 Å². The van der Waals surface area contributed by atoms with Gasteiger partial charge in [-0.2, -0.15) is 0 Å². The number of nitrogens with one attached hydrogen (secondary N) is 2. The summed E-state index contributed by atoms with van der Waals surface area (Å²) < 4.78 is 10.9. The molecule has 0 bridgehead atoms. The Kier molecular flexibility index (Phi) is 7.80. The lowest BCUT2D eigenvalue weighted by molar-refractivity contribution is 0.0949. The van der Waals surface area contributed by atoms with Crippen LogP contribution in [0, 0.1) is 5.92 Å². The Morgan fingerprint density at radius 1 is 1.22 bits per heavy atom. The molecule has 0 radical (unpaired) electrons. The summed E-state index contributed by atoms with van der Waals surface area (Å²) in [4.78, 5) is 12.2. The zero-order valence-electron chi connectivity index (χ0n) is 16.3. The molecule has 0 heterocycles. The smallest absolute Gasteiger partial charge is 0.251 e. The van der Waals surface area contributed by atoms with Crippen molar-refractivity contribution in [2.24, 2.45) is 5.92 Å². The van der Waals surface area contributed by atoms with Crippen molar-refractivity contribution in [1.82, 2.24) is 5.32 Å². The van der Waals surface area contributed by atoms with Crippen molar-refractivity contribution in [2.75, 3.05) is 25.6 Å². The standard InChI is InChI=1S/C21H27ClN2O3/c1-5-27-20-18(22)9-15(10-19(20)26-4)13-23-17-8-6-7-16(11-17)21(25)24-12-14(2)3/h6-11,14,23H,5,12-13H2,1-4H3,(H,24,25). The monoisotopic (exact) mass is 390 g/mol. The largest absolute Gasteiger partial charge is 0.493 e. The molecule has 0 aliphatic rings. The molecule has 0 aromatic heterocycles. The number of amides is 1. The minimum Gasteiger partial charge on any atom is -0.493 e. The van der Waals surface area contributed by atoms with Crippen molar-refractivity contribution in [3.8, 4) is 11.5 Å². The Hall–Kier alpha value is -2.40. The predicted molar refractivity (Wildman–Crippen MR) is 110 cm³/mol. The second kappa shape index (κ2) is 10.1. The van der Waals surface area contributed by atoms with Crippen LogP contribution in [0.5, 0.6) is 11.5 Å². The first-order valence-electron chi connectivity index (χ1n) is 9.06. The van der Waals surface area contributed by atoms with Crippen LogP contribution in [0.1, 0.15) is 36.7 Å². The fourth-order valence-corrected chi connectivity index (χ4v) is 2.82. The van der Waals surface area contributed by atoms with E-state index in [-0.39, 0.29) is 5.91 Å². The molecule has 2 rings (SSSR count). The van der Waals surface area contributed by atoms with Crippen LogP contribution < -0.4 is 20.1 Å². The van der Waals surface area contributed by atoms with Crippen molar-refractivity contribution in [3.63, 3.8) is 0 Å². The highest BCUT2D eigenvalue weighted by Crippen LogP contribution is 2.36. The highest BCUT2D eigenvalue weighted by Gasteiger charge is 2.12. The molecule has 0 unspecified atom stereocenters. The number of carbonyl (C=O) groups is 1. The van der Waals surface area contributed by atoms with Gasteiger partial charge in [-0.3, -0.25) is 4.79 Å². The van der Waals surface area contributed by atoms with Crippen molar-refractivity contribution < 1.29 is 14.3 Å². The van der Waals surface area contributed by atoms with Gasteiger partial charge in [0, 0.05) is 24.3 Å². The van der Waals surface area contributed by atoms with E-state index in [0.29, 0.717) is 47.7 Å². The second-order valence-corrected chi connectivity index (χ2v) is 6.99. The van der Waals surface area contributed by atoms with Gasteiger partial charge < -0.3 is 20.1 Å². The van der Waals surface area contributed by atoms with Gasteiger partial charge in [-0.05, 0) is 48.7 Å². The molecule has 0 aliphatic heterocycles. The van der Waals surface area contributed by atoms with E-state index in [4.69, 9.17) is 21.1 Å². The van der Waals surface area contributed by atoms with E-state index < -0.39 is 0 Å². The predicted octanol–water partition coefficient (Wildman–Crippen LogP) is 4.75. The molecule has 0 atom stereocenters. The molecular weight excluding hydrogens is 364 g/mol. The third-order valence-corrected chi connectivity index (χ3v) is 4.15. The molecule has 0 fully saturated rings. The molecule has 0 saturated carbocycles. The van der Waals surface area contributed by atoms with E-state index in [1.807, 2.05) is 37.3 Å². The van der Waals surface area contributed by atoms with E-state index in [1.165, 1.54) is 0 Å². The van der Waals surface area contributed by atoms with E-state index in [2.05, 4.69) is 24.5 Å². The topological polar surface area (TPSA) is 59.6 Å². The normalized spacial score (nSPS) is 10.6. The number of halogens is 1. The molecule has 2 aromatic rings. The lowest BCUT2D eigenvalue weighted by atomic mass is 10.1. The first-order valence-corrected chi connectivity index (χ1v) is 9.43. The highest BCUT2D eigenvalue weighted by atomic mass is 35.5. The quantitative estimate of drug-likeness (QED) is 0.649. The van der Waals surface area contributed by atoms with Crippen LogP contribution >= 0.6 is 11.6 Å². The van der Waals surface area contributed by atoms with Gasteiger partial charge in [0.1, 0.15) is 0 Å². The number of anilines is 1. The van der Waals surface area contributed by atoms with E-state index in [0.717, 1.165) is 11.3 Å². The minimum atomic E-state index is -0.0712. The maximum atomic E-state index is 12.2.